The number of aromatic nitrogens is 2. The van der Waals surface area contributed by atoms with Gasteiger partial charge < -0.3 is 19.3 Å². The van der Waals surface area contributed by atoms with E-state index in [-0.39, 0.29) is 0 Å². The first-order valence-corrected chi connectivity index (χ1v) is 13.0. The van der Waals surface area contributed by atoms with Gasteiger partial charge in [0.2, 0.25) is 13.6 Å². The maximum atomic E-state index is 15.4. The Balaban J connectivity index is 2.14. The second kappa shape index (κ2) is 11.8. The summed E-state index contributed by atoms with van der Waals surface area (Å²) in [4.78, 5) is 49.4. The molecule has 14 nitrogen and oxygen atoms in total. The van der Waals surface area contributed by atoms with Crippen molar-refractivity contribution in [1.29, 1.82) is 0 Å². The number of nitrogens with one attached hydrogen (secondary N) is 1. The van der Waals surface area contributed by atoms with Gasteiger partial charge in [-0.15, -0.1) is 0 Å². The summed E-state index contributed by atoms with van der Waals surface area (Å²) in [6, 6.07) is 0.963. The molecule has 1 aliphatic rings. The van der Waals surface area contributed by atoms with Crippen LogP contribution in [0.2, 0.25) is 0 Å². The molecule has 1 aromatic rings. The minimum atomic E-state index is -4.65. The van der Waals surface area contributed by atoms with Crippen molar-refractivity contribution in [3.8, 4) is 0 Å². The Kier molecular flexibility index (Phi) is 9.84. The molecule has 38 heavy (non-hydrogen) atoms. The zero-order valence-corrected chi connectivity index (χ0v) is 23.1. The van der Waals surface area contributed by atoms with Crippen LogP contribution in [0.1, 0.15) is 54.7 Å². The van der Waals surface area contributed by atoms with E-state index in [1.807, 2.05) is 4.98 Å². The highest BCUT2D eigenvalue weighted by Crippen LogP contribution is 2.51. The monoisotopic (exact) mass is 568 g/mol. The zero-order valence-electron chi connectivity index (χ0n) is 22.2. The molecule has 0 bridgehead atoms. The summed E-state index contributed by atoms with van der Waals surface area (Å²) in [5, 5.41) is 10.5. The Labute approximate surface area is 217 Å². The highest BCUT2D eigenvalue weighted by atomic mass is 31.2. The molecule has 1 aliphatic heterocycles. The molecule has 216 valence electrons. The number of phosphoric acid groups is 1. The molecule has 0 aliphatic carbocycles. The number of esters is 2. The SMILES string of the molecule is CC(C)(C)C(=O)OCOP(=O)(OCOC(=O)C(C)(C)C)OC[C@H]1O[C@@H](n2ccc(=O)[nH]c2=O)[C@](C)(F)C1O. The number of aliphatic hydroxyl groups is 1. The van der Waals surface area contributed by atoms with Gasteiger partial charge in [-0.2, -0.15) is 0 Å². The van der Waals surface area contributed by atoms with Gasteiger partial charge in [0.1, 0.15) is 12.2 Å². The van der Waals surface area contributed by atoms with Crippen LogP contribution in [0.25, 0.3) is 0 Å². The number of carbonyl (C=O) groups is 2. The second-order valence-corrected chi connectivity index (χ2v) is 12.4. The van der Waals surface area contributed by atoms with Gasteiger partial charge in [-0.1, -0.05) is 0 Å². The van der Waals surface area contributed by atoms with E-state index in [0.29, 0.717) is 0 Å². The highest BCUT2D eigenvalue weighted by molar-refractivity contribution is 7.48. The molecule has 0 amide bonds. The molecule has 0 radical (unpaired) electrons. The van der Waals surface area contributed by atoms with Gasteiger partial charge in [0.25, 0.3) is 5.56 Å². The van der Waals surface area contributed by atoms with Crippen LogP contribution >= 0.6 is 7.82 Å². The molecule has 2 N–H and O–H groups in total. The lowest BCUT2D eigenvalue weighted by atomic mass is 9.98. The predicted molar refractivity (Wildman–Crippen MR) is 127 cm³/mol. The first kappa shape index (κ1) is 31.8. The molecule has 1 unspecified atom stereocenters. The predicted octanol–water partition coefficient (Wildman–Crippen LogP) is 1.77. The Hall–Kier alpha value is -2.42. The lowest BCUT2D eigenvalue weighted by Gasteiger charge is -2.24. The lowest BCUT2D eigenvalue weighted by Crippen LogP contribution is -2.43. The summed E-state index contributed by atoms with van der Waals surface area (Å²) in [5.41, 5.74) is -6.07. The van der Waals surface area contributed by atoms with Gasteiger partial charge in [0.05, 0.1) is 17.4 Å². The minimum Gasteiger partial charge on any atom is -0.437 e. The van der Waals surface area contributed by atoms with Crippen LogP contribution in [0.5, 0.6) is 0 Å². The molecule has 1 saturated heterocycles. The fraction of sp³-hybridized carbons (Fsp3) is 0.727. The summed E-state index contributed by atoms with van der Waals surface area (Å²) in [6.45, 7) is 7.88. The number of H-pyrrole nitrogens is 1. The van der Waals surface area contributed by atoms with Crippen molar-refractivity contribution in [1.82, 2.24) is 9.55 Å². The first-order valence-electron chi connectivity index (χ1n) is 11.5. The van der Waals surface area contributed by atoms with E-state index < -0.39 is 86.1 Å². The summed E-state index contributed by atoms with van der Waals surface area (Å²) in [7, 11) is -4.65. The minimum absolute atomic E-state index is 0.694. The van der Waals surface area contributed by atoms with E-state index in [2.05, 4.69) is 0 Å². The quantitative estimate of drug-likeness (QED) is 0.237. The molecule has 1 fully saturated rings. The summed E-state index contributed by atoms with van der Waals surface area (Å²) >= 11 is 0. The van der Waals surface area contributed by atoms with E-state index in [9.17, 15) is 28.8 Å². The third-order valence-electron chi connectivity index (χ3n) is 5.24. The average Bonchev–Trinajstić information content (AvgIpc) is 3.00. The maximum Gasteiger partial charge on any atom is 0.480 e. The number of aliphatic hydroxyl groups excluding tert-OH is 1. The standard InChI is InChI=1S/C22H34FN2O12P/c1-20(2,3)17(28)32-11-35-38(31,36-12-33-18(29)21(4,5)6)34-10-13-15(27)22(7,23)16(37-13)25-9-8-14(26)24-19(25)30/h8-9,13,15-16,27H,10-12H2,1-7H3,(H,24,26,30)/t13-,15?,16-,22-/m1/s1. The van der Waals surface area contributed by atoms with Gasteiger partial charge >= 0.3 is 25.5 Å². The highest BCUT2D eigenvalue weighted by Gasteiger charge is 2.55. The smallest absolute Gasteiger partial charge is 0.437 e. The molecule has 16 heteroatoms. The van der Waals surface area contributed by atoms with Crippen LogP contribution in [0.4, 0.5) is 4.39 Å². The number of phosphoric ester groups is 1. The largest absolute Gasteiger partial charge is 0.480 e. The van der Waals surface area contributed by atoms with Gasteiger partial charge in [-0.05, 0) is 48.5 Å². The molecule has 0 spiro atoms. The van der Waals surface area contributed by atoms with E-state index in [4.69, 9.17) is 27.8 Å². The van der Waals surface area contributed by atoms with E-state index in [0.717, 1.165) is 23.8 Å². The van der Waals surface area contributed by atoms with Crippen molar-refractivity contribution in [3.63, 3.8) is 0 Å². The zero-order chi connectivity index (χ0) is 29.1. The van der Waals surface area contributed by atoms with Gasteiger partial charge in [0, 0.05) is 12.3 Å². The summed E-state index contributed by atoms with van der Waals surface area (Å²) in [5.74, 6) is -1.39. The number of hydrogen-bond donors (Lipinski definition) is 2. The van der Waals surface area contributed by atoms with Crippen LogP contribution in [0.3, 0.4) is 0 Å². The van der Waals surface area contributed by atoms with Crippen molar-refractivity contribution in [2.45, 2.75) is 72.6 Å². The van der Waals surface area contributed by atoms with E-state index in [1.165, 1.54) is 0 Å². The molecule has 2 rings (SSSR count). The fourth-order valence-electron chi connectivity index (χ4n) is 2.96. The fourth-order valence-corrected chi connectivity index (χ4v) is 3.88. The Morgan fingerprint density at radius 2 is 1.58 bits per heavy atom. The van der Waals surface area contributed by atoms with Crippen LogP contribution in [-0.4, -0.2) is 64.7 Å². The Bertz CT molecular complexity index is 1130. The third-order valence-corrected chi connectivity index (χ3v) is 6.55. The molecule has 2 heterocycles. The van der Waals surface area contributed by atoms with Crippen LogP contribution in [0.15, 0.2) is 21.9 Å². The first-order chi connectivity index (χ1) is 17.3. The molecule has 0 aromatic carbocycles. The van der Waals surface area contributed by atoms with Crippen molar-refractivity contribution >= 4 is 19.8 Å². The normalized spacial score (nSPS) is 24.3. The number of rotatable bonds is 10. The van der Waals surface area contributed by atoms with Crippen molar-refractivity contribution in [2.75, 3.05) is 20.2 Å². The van der Waals surface area contributed by atoms with Crippen LogP contribution in [-0.2, 0) is 41.9 Å². The summed E-state index contributed by atoms with van der Waals surface area (Å²) in [6.07, 6.45) is -4.08. The van der Waals surface area contributed by atoms with Crippen molar-refractivity contribution in [2.24, 2.45) is 10.8 Å². The molecular weight excluding hydrogens is 534 g/mol. The number of aromatic amines is 1. The molecule has 4 atom stereocenters. The maximum absolute atomic E-state index is 15.4. The summed E-state index contributed by atoms with van der Waals surface area (Å²) < 4.78 is 59.7. The number of carbonyl (C=O) groups excluding carboxylic acids is 2. The van der Waals surface area contributed by atoms with Gasteiger partial charge in [0.15, 0.2) is 11.9 Å². The average molecular weight is 568 g/mol. The third kappa shape index (κ3) is 8.04. The van der Waals surface area contributed by atoms with Crippen molar-refractivity contribution in [3.05, 3.63) is 33.1 Å². The molecule has 0 saturated carbocycles. The number of nitrogens with zero attached hydrogens (tertiary/aromatic N) is 1. The lowest BCUT2D eigenvalue weighted by molar-refractivity contribution is -0.163. The van der Waals surface area contributed by atoms with E-state index >= 15 is 4.39 Å². The van der Waals surface area contributed by atoms with Crippen molar-refractivity contribution < 1.29 is 51.4 Å². The topological polar surface area (TPSA) is 182 Å². The van der Waals surface area contributed by atoms with Gasteiger partial charge in [-0.3, -0.25) is 28.5 Å². The van der Waals surface area contributed by atoms with Crippen LogP contribution < -0.4 is 11.2 Å². The number of hydrogen-bond acceptors (Lipinski definition) is 12. The Morgan fingerprint density at radius 3 is 2.03 bits per heavy atom. The number of alkyl halides is 1. The van der Waals surface area contributed by atoms with E-state index in [1.54, 1.807) is 41.5 Å². The number of ether oxygens (including phenoxy) is 3. The second-order valence-electron chi connectivity index (χ2n) is 10.7. The number of halogens is 1. The van der Waals surface area contributed by atoms with Crippen LogP contribution in [0, 0.1) is 10.8 Å². The molecule has 1 aromatic heterocycles. The van der Waals surface area contributed by atoms with Gasteiger partial charge in [-0.25, -0.2) is 22.8 Å². The molecular formula is C22H34FN2O12P. The Morgan fingerprint density at radius 1 is 1.08 bits per heavy atom.